The molecule has 0 fully saturated rings. The number of carbonyl (C=O) groups excluding carboxylic acids is 1. The Bertz CT molecular complexity index is 1140. The first-order valence-electron chi connectivity index (χ1n) is 8.49. The summed E-state index contributed by atoms with van der Waals surface area (Å²) >= 11 is 0. The lowest BCUT2D eigenvalue weighted by Crippen LogP contribution is -2.37. The Morgan fingerprint density at radius 2 is 2.03 bits per heavy atom. The quantitative estimate of drug-likeness (QED) is 0.559. The van der Waals surface area contributed by atoms with E-state index in [1.165, 1.54) is 11.6 Å². The molecular weight excluding hydrogens is 430 g/mol. The smallest absolute Gasteiger partial charge is 0.419 e. The Morgan fingerprint density at radius 1 is 1.37 bits per heavy atom. The van der Waals surface area contributed by atoms with E-state index in [2.05, 4.69) is 16.6 Å². The number of nitrogens with zero attached hydrogens (tertiary/aromatic N) is 1. The minimum atomic E-state index is -4.95. The van der Waals surface area contributed by atoms with Crippen LogP contribution >= 0.6 is 0 Å². The Balaban J connectivity index is 1.98. The zero-order valence-electron chi connectivity index (χ0n) is 15.8. The number of benzene rings is 1. The average Bonchev–Trinajstić information content (AvgIpc) is 2.89. The van der Waals surface area contributed by atoms with Crippen molar-refractivity contribution in [2.75, 3.05) is 11.9 Å². The largest absolute Gasteiger partial charge is 0.488 e. The number of rotatable bonds is 3. The van der Waals surface area contributed by atoms with Gasteiger partial charge in [0.1, 0.15) is 17.3 Å². The molecule has 12 heteroatoms. The highest BCUT2D eigenvalue weighted by atomic mass is 32.2. The van der Waals surface area contributed by atoms with E-state index in [-0.39, 0.29) is 28.6 Å². The van der Waals surface area contributed by atoms with Crippen molar-refractivity contribution >= 4 is 21.6 Å². The zero-order chi connectivity index (χ0) is 22.4. The van der Waals surface area contributed by atoms with Gasteiger partial charge in [0, 0.05) is 18.9 Å². The second-order valence-corrected chi connectivity index (χ2v) is 8.44. The van der Waals surface area contributed by atoms with Gasteiger partial charge < -0.3 is 14.6 Å². The Labute approximate surface area is 169 Å². The Morgan fingerprint density at radius 3 is 2.63 bits per heavy atom. The number of carbonyl (C=O) groups is 1. The second kappa shape index (κ2) is 7.43. The number of alkyl halides is 3. The van der Waals surface area contributed by atoms with Crippen molar-refractivity contribution in [2.24, 2.45) is 7.05 Å². The van der Waals surface area contributed by atoms with Crippen LogP contribution in [-0.2, 0) is 23.2 Å². The molecule has 162 valence electrons. The molecule has 0 saturated carbocycles. The molecule has 2 N–H and O–H groups in total. The number of halogens is 4. The molecule has 0 aliphatic carbocycles. The maximum absolute atomic E-state index is 13.5. The van der Waals surface area contributed by atoms with Crippen LogP contribution in [0.2, 0.25) is 0 Å². The summed E-state index contributed by atoms with van der Waals surface area (Å²) in [5.74, 6) is -2.66. The normalized spacial score (nSPS) is 18.1. The molecule has 1 aliphatic rings. The summed E-state index contributed by atoms with van der Waals surface area (Å²) in [7, 11) is -2.67. The predicted molar refractivity (Wildman–Crippen MR) is 99.2 cm³/mol. The van der Waals surface area contributed by atoms with Crippen molar-refractivity contribution in [3.63, 3.8) is 0 Å². The maximum Gasteiger partial charge on any atom is 0.419 e. The molecule has 3 rings (SSSR count). The van der Waals surface area contributed by atoms with E-state index in [9.17, 15) is 30.8 Å². The van der Waals surface area contributed by atoms with Crippen LogP contribution in [-0.4, -0.2) is 31.5 Å². The minimum Gasteiger partial charge on any atom is -0.488 e. The maximum atomic E-state index is 13.5. The fourth-order valence-electron chi connectivity index (χ4n) is 2.87. The van der Waals surface area contributed by atoms with Crippen molar-refractivity contribution in [2.45, 2.75) is 24.0 Å². The SMILES string of the molecule is C=C(C)[C@@H]1COc2c(cn(C)c2C(=O)Nc2ccc(F)c(C(F)(F)F)c2)S(=O)(=O)N1. The molecule has 1 amide bonds. The first-order chi connectivity index (χ1) is 13.8. The topological polar surface area (TPSA) is 89.4 Å². The van der Waals surface area contributed by atoms with Crippen LogP contribution in [0.25, 0.3) is 0 Å². The summed E-state index contributed by atoms with van der Waals surface area (Å²) in [6, 6.07) is 1.26. The molecule has 30 heavy (non-hydrogen) atoms. The van der Waals surface area contributed by atoms with Gasteiger partial charge in [0.05, 0.1) is 11.6 Å². The minimum absolute atomic E-state index is 0.138. The summed E-state index contributed by atoms with van der Waals surface area (Å²) in [6.07, 6.45) is -3.80. The van der Waals surface area contributed by atoms with Crippen LogP contribution in [0.3, 0.4) is 0 Å². The number of anilines is 1. The summed E-state index contributed by atoms with van der Waals surface area (Å²) < 4.78 is 86.5. The molecule has 0 radical (unpaired) electrons. The lowest BCUT2D eigenvalue weighted by molar-refractivity contribution is -0.139. The molecule has 7 nitrogen and oxygen atoms in total. The van der Waals surface area contributed by atoms with Crippen molar-refractivity contribution in [1.29, 1.82) is 0 Å². The molecule has 0 spiro atoms. The van der Waals surface area contributed by atoms with Gasteiger partial charge in [0.15, 0.2) is 11.4 Å². The van der Waals surface area contributed by atoms with E-state index in [1.807, 2.05) is 0 Å². The first-order valence-corrected chi connectivity index (χ1v) is 9.97. The Hall–Kier alpha value is -2.86. The van der Waals surface area contributed by atoms with E-state index in [1.54, 1.807) is 6.92 Å². The summed E-state index contributed by atoms with van der Waals surface area (Å²) in [6.45, 7) is 5.15. The number of fused-ring (bicyclic) bond motifs is 1. The molecule has 1 aliphatic heterocycles. The van der Waals surface area contributed by atoms with Gasteiger partial charge in [-0.15, -0.1) is 0 Å². The van der Waals surface area contributed by atoms with Crippen LogP contribution in [0.15, 0.2) is 41.4 Å². The van der Waals surface area contributed by atoms with Gasteiger partial charge >= 0.3 is 6.18 Å². The molecule has 0 saturated heterocycles. The third-order valence-corrected chi connectivity index (χ3v) is 5.89. The second-order valence-electron chi connectivity index (χ2n) is 6.76. The number of aromatic nitrogens is 1. The summed E-state index contributed by atoms with van der Waals surface area (Å²) in [5.41, 5.74) is -1.60. The van der Waals surface area contributed by atoms with Crippen molar-refractivity contribution in [1.82, 2.24) is 9.29 Å². The fourth-order valence-corrected chi connectivity index (χ4v) is 4.34. The molecule has 2 heterocycles. The molecule has 1 atom stereocenters. The molecule has 0 bridgehead atoms. The number of hydrogen-bond acceptors (Lipinski definition) is 4. The van der Waals surface area contributed by atoms with Gasteiger partial charge in [-0.2, -0.15) is 13.2 Å². The van der Waals surface area contributed by atoms with Crippen LogP contribution in [0.1, 0.15) is 23.0 Å². The monoisotopic (exact) mass is 447 g/mol. The first kappa shape index (κ1) is 21.8. The van der Waals surface area contributed by atoms with Crippen molar-refractivity contribution < 1.29 is 35.5 Å². The highest BCUT2D eigenvalue weighted by Crippen LogP contribution is 2.35. The van der Waals surface area contributed by atoms with Crippen molar-refractivity contribution in [3.8, 4) is 5.75 Å². The molecule has 1 aromatic heterocycles. The fraction of sp³-hybridized carbons (Fsp3) is 0.278. The van der Waals surface area contributed by atoms with E-state index >= 15 is 0 Å². The van der Waals surface area contributed by atoms with E-state index in [0.29, 0.717) is 17.7 Å². The number of sulfonamides is 1. The molecule has 2 aromatic rings. The summed E-state index contributed by atoms with van der Waals surface area (Å²) in [5, 5.41) is 2.22. The number of aryl methyl sites for hydroxylation is 1. The molecule has 0 unspecified atom stereocenters. The van der Waals surface area contributed by atoms with E-state index in [4.69, 9.17) is 4.74 Å². The van der Waals surface area contributed by atoms with Crippen LogP contribution in [0, 0.1) is 5.82 Å². The summed E-state index contributed by atoms with van der Waals surface area (Å²) in [4.78, 5) is 12.4. The van der Waals surface area contributed by atoms with Crippen LogP contribution in [0.5, 0.6) is 5.75 Å². The van der Waals surface area contributed by atoms with Crippen LogP contribution < -0.4 is 14.8 Å². The van der Waals surface area contributed by atoms with Crippen LogP contribution in [0.4, 0.5) is 23.2 Å². The molecular formula is C18H17F4N3O4S. The lowest BCUT2D eigenvalue weighted by Gasteiger charge is -2.15. The number of hydrogen-bond donors (Lipinski definition) is 2. The van der Waals surface area contributed by atoms with E-state index in [0.717, 1.165) is 12.3 Å². The van der Waals surface area contributed by atoms with Gasteiger partial charge in [-0.1, -0.05) is 12.2 Å². The number of nitrogens with one attached hydrogen (secondary N) is 2. The van der Waals surface area contributed by atoms with Gasteiger partial charge in [0.2, 0.25) is 10.0 Å². The third-order valence-electron chi connectivity index (χ3n) is 4.42. The third kappa shape index (κ3) is 4.05. The average molecular weight is 447 g/mol. The number of amides is 1. The van der Waals surface area contributed by atoms with Gasteiger partial charge in [0.25, 0.3) is 5.91 Å². The zero-order valence-corrected chi connectivity index (χ0v) is 16.6. The van der Waals surface area contributed by atoms with Gasteiger partial charge in [-0.3, -0.25) is 4.79 Å². The highest BCUT2D eigenvalue weighted by molar-refractivity contribution is 7.89. The molecule has 1 aromatic carbocycles. The van der Waals surface area contributed by atoms with E-state index < -0.39 is 39.5 Å². The van der Waals surface area contributed by atoms with Crippen molar-refractivity contribution in [3.05, 3.63) is 53.6 Å². The Kier molecular flexibility index (Phi) is 5.41. The predicted octanol–water partition coefficient (Wildman–Crippen LogP) is 3.05. The highest BCUT2D eigenvalue weighted by Gasteiger charge is 2.36. The number of ether oxygens (including phenoxy) is 1. The van der Waals surface area contributed by atoms with Gasteiger partial charge in [-0.05, 0) is 25.1 Å². The van der Waals surface area contributed by atoms with Gasteiger partial charge in [-0.25, -0.2) is 17.5 Å². The lowest BCUT2D eigenvalue weighted by atomic mass is 10.1. The standard InChI is InChI=1S/C18H17F4N3O4S/c1-9(2)13-8-29-16-14(30(27,28)24-13)7-25(3)15(16)17(26)23-10-4-5-12(19)11(6-10)18(20,21)22/h4-7,13,24H,1,8H2,2-3H3,(H,23,26)/t13-/m0/s1.